The highest BCUT2D eigenvalue weighted by atomic mass is 16.2. The Hall–Kier alpha value is -3.26. The molecule has 5 rings (SSSR count). The summed E-state index contributed by atoms with van der Waals surface area (Å²) in [6.45, 7) is 6.89. The number of nitrogens with zero attached hydrogens (tertiary/aromatic N) is 5. The van der Waals surface area contributed by atoms with E-state index in [9.17, 15) is 14.4 Å². The van der Waals surface area contributed by atoms with Gasteiger partial charge in [0.2, 0.25) is 5.91 Å². The van der Waals surface area contributed by atoms with Crippen LogP contribution in [-0.4, -0.2) is 89.8 Å². The van der Waals surface area contributed by atoms with Gasteiger partial charge in [0.1, 0.15) is 5.82 Å². The molecule has 0 radical (unpaired) electrons. The van der Waals surface area contributed by atoms with E-state index in [0.29, 0.717) is 29.9 Å². The minimum absolute atomic E-state index is 0.131. The van der Waals surface area contributed by atoms with Crippen molar-refractivity contribution in [3.05, 3.63) is 59.8 Å². The largest absolute Gasteiger partial charge is 0.354 e. The average molecular weight is 476 g/mol. The molecule has 4 heterocycles. The van der Waals surface area contributed by atoms with Gasteiger partial charge in [-0.3, -0.25) is 24.2 Å². The molecule has 2 aromatic rings. The molecule has 2 fully saturated rings. The van der Waals surface area contributed by atoms with E-state index >= 15 is 0 Å². The first-order valence-corrected chi connectivity index (χ1v) is 12.7. The van der Waals surface area contributed by atoms with Gasteiger partial charge in [-0.05, 0) is 49.4 Å². The van der Waals surface area contributed by atoms with Crippen molar-refractivity contribution < 1.29 is 14.4 Å². The molecule has 8 nitrogen and oxygen atoms in total. The zero-order chi connectivity index (χ0) is 24.2. The number of benzene rings is 1. The number of rotatable bonds is 7. The maximum absolute atomic E-state index is 12.9. The molecular weight excluding hydrogens is 442 g/mol. The van der Waals surface area contributed by atoms with Gasteiger partial charge >= 0.3 is 0 Å². The SMILES string of the molecule is O=C(CCCN1C(=O)c2ccccc2C1=O)N1CCCC(CN2CCN(c3ccccn3)CC2)C1. The normalized spacial score (nSPS) is 20.9. The topological polar surface area (TPSA) is 77.1 Å². The van der Waals surface area contributed by atoms with Crippen LogP contribution in [0.2, 0.25) is 0 Å². The third-order valence-corrected chi connectivity index (χ3v) is 7.38. The van der Waals surface area contributed by atoms with Gasteiger partial charge in [0, 0.05) is 65.0 Å². The van der Waals surface area contributed by atoms with E-state index in [2.05, 4.69) is 20.9 Å². The van der Waals surface area contributed by atoms with Crippen LogP contribution < -0.4 is 4.90 Å². The molecule has 1 aromatic carbocycles. The summed E-state index contributed by atoms with van der Waals surface area (Å²) < 4.78 is 0. The van der Waals surface area contributed by atoms with E-state index in [1.54, 1.807) is 24.3 Å². The molecule has 1 unspecified atom stereocenters. The van der Waals surface area contributed by atoms with Crippen molar-refractivity contribution in [3.8, 4) is 0 Å². The second kappa shape index (κ2) is 10.6. The standard InChI is InChI=1S/C27H33N5O3/c33-25(11-6-14-32-26(34)22-8-1-2-9-23(22)27(32)35)31-13-5-7-21(20-31)19-29-15-17-30(18-16-29)24-10-3-4-12-28-24/h1-4,8-10,12,21H,5-7,11,13-20H2. The number of carbonyl (C=O) groups is 3. The zero-order valence-corrected chi connectivity index (χ0v) is 20.1. The molecule has 0 saturated carbocycles. The van der Waals surface area contributed by atoms with Crippen LogP contribution in [0.25, 0.3) is 0 Å². The first kappa shape index (κ1) is 23.5. The number of fused-ring (bicyclic) bond motifs is 1. The van der Waals surface area contributed by atoms with Gasteiger partial charge < -0.3 is 9.80 Å². The fourth-order valence-electron chi connectivity index (χ4n) is 5.49. The number of aromatic nitrogens is 1. The molecule has 3 amide bonds. The summed E-state index contributed by atoms with van der Waals surface area (Å²) >= 11 is 0. The van der Waals surface area contributed by atoms with Crippen LogP contribution in [0.1, 0.15) is 46.4 Å². The van der Waals surface area contributed by atoms with Crippen molar-refractivity contribution in [1.82, 2.24) is 19.7 Å². The number of anilines is 1. The van der Waals surface area contributed by atoms with Crippen molar-refractivity contribution in [2.24, 2.45) is 5.92 Å². The van der Waals surface area contributed by atoms with Crippen LogP contribution in [0.4, 0.5) is 5.82 Å². The van der Waals surface area contributed by atoms with E-state index in [1.807, 2.05) is 23.2 Å². The Bertz CT molecular complexity index is 1030. The lowest BCUT2D eigenvalue weighted by molar-refractivity contribution is -0.133. The number of piperidine rings is 1. The highest BCUT2D eigenvalue weighted by Gasteiger charge is 2.35. The van der Waals surface area contributed by atoms with Crippen LogP contribution >= 0.6 is 0 Å². The monoisotopic (exact) mass is 475 g/mol. The Labute approximate surface area is 206 Å². The fraction of sp³-hybridized carbons (Fsp3) is 0.481. The molecule has 1 atom stereocenters. The third-order valence-electron chi connectivity index (χ3n) is 7.38. The molecule has 35 heavy (non-hydrogen) atoms. The van der Waals surface area contributed by atoms with Gasteiger partial charge in [-0.1, -0.05) is 18.2 Å². The van der Waals surface area contributed by atoms with Crippen molar-refractivity contribution in [2.45, 2.75) is 25.7 Å². The summed E-state index contributed by atoms with van der Waals surface area (Å²) in [7, 11) is 0. The lowest BCUT2D eigenvalue weighted by Crippen LogP contribution is -2.50. The number of piperazine rings is 1. The number of likely N-dealkylation sites (tertiary alicyclic amines) is 1. The molecule has 0 spiro atoms. The molecular formula is C27H33N5O3. The molecule has 0 N–H and O–H groups in total. The number of imide groups is 1. The minimum atomic E-state index is -0.251. The maximum atomic E-state index is 12.9. The molecule has 8 heteroatoms. The zero-order valence-electron chi connectivity index (χ0n) is 20.1. The molecule has 3 aliphatic heterocycles. The highest BCUT2D eigenvalue weighted by molar-refractivity contribution is 6.21. The second-order valence-electron chi connectivity index (χ2n) is 9.73. The van der Waals surface area contributed by atoms with Crippen LogP contribution in [0, 0.1) is 5.92 Å². The van der Waals surface area contributed by atoms with Gasteiger partial charge in [0.05, 0.1) is 11.1 Å². The third kappa shape index (κ3) is 5.22. The predicted molar refractivity (Wildman–Crippen MR) is 133 cm³/mol. The second-order valence-corrected chi connectivity index (χ2v) is 9.73. The van der Waals surface area contributed by atoms with E-state index < -0.39 is 0 Å². The van der Waals surface area contributed by atoms with E-state index in [4.69, 9.17) is 0 Å². The molecule has 0 bridgehead atoms. The Morgan fingerprint density at radius 2 is 1.63 bits per heavy atom. The molecule has 3 aliphatic rings. The molecule has 1 aromatic heterocycles. The Morgan fingerprint density at radius 3 is 2.31 bits per heavy atom. The molecule has 2 saturated heterocycles. The quantitative estimate of drug-likeness (QED) is 0.573. The van der Waals surface area contributed by atoms with E-state index in [1.165, 1.54) is 4.90 Å². The Kier molecular flexibility index (Phi) is 7.08. The first-order chi connectivity index (χ1) is 17.1. The van der Waals surface area contributed by atoms with Crippen molar-refractivity contribution >= 4 is 23.5 Å². The van der Waals surface area contributed by atoms with Crippen molar-refractivity contribution in [2.75, 3.05) is 57.3 Å². The Morgan fingerprint density at radius 1 is 0.914 bits per heavy atom. The summed E-state index contributed by atoms with van der Waals surface area (Å²) in [6.07, 6.45) is 4.89. The van der Waals surface area contributed by atoms with Gasteiger partial charge in [-0.2, -0.15) is 0 Å². The summed E-state index contributed by atoms with van der Waals surface area (Å²) in [5.41, 5.74) is 0.923. The van der Waals surface area contributed by atoms with Crippen LogP contribution in [-0.2, 0) is 4.79 Å². The van der Waals surface area contributed by atoms with Crippen LogP contribution in [0.5, 0.6) is 0 Å². The van der Waals surface area contributed by atoms with Crippen molar-refractivity contribution in [3.63, 3.8) is 0 Å². The maximum Gasteiger partial charge on any atom is 0.261 e. The predicted octanol–water partition coefficient (Wildman–Crippen LogP) is 2.52. The summed E-state index contributed by atoms with van der Waals surface area (Å²) in [6, 6.07) is 13.0. The number of carbonyl (C=O) groups excluding carboxylic acids is 3. The van der Waals surface area contributed by atoms with Gasteiger partial charge in [0.25, 0.3) is 11.8 Å². The van der Waals surface area contributed by atoms with Gasteiger partial charge in [0.15, 0.2) is 0 Å². The van der Waals surface area contributed by atoms with E-state index in [-0.39, 0.29) is 24.3 Å². The fourth-order valence-corrected chi connectivity index (χ4v) is 5.49. The van der Waals surface area contributed by atoms with E-state index in [0.717, 1.165) is 64.5 Å². The number of hydrogen-bond acceptors (Lipinski definition) is 6. The Balaban J connectivity index is 1.05. The molecule has 0 aliphatic carbocycles. The van der Waals surface area contributed by atoms with Crippen LogP contribution in [0.15, 0.2) is 48.7 Å². The first-order valence-electron chi connectivity index (χ1n) is 12.7. The summed E-state index contributed by atoms with van der Waals surface area (Å²) in [5.74, 6) is 1.16. The lowest BCUT2D eigenvalue weighted by atomic mass is 9.96. The van der Waals surface area contributed by atoms with Crippen LogP contribution in [0.3, 0.4) is 0 Å². The molecule has 184 valence electrons. The number of pyridine rings is 1. The lowest BCUT2D eigenvalue weighted by Gasteiger charge is -2.39. The smallest absolute Gasteiger partial charge is 0.261 e. The average Bonchev–Trinajstić information content (AvgIpc) is 3.15. The van der Waals surface area contributed by atoms with Crippen molar-refractivity contribution in [1.29, 1.82) is 0 Å². The summed E-state index contributed by atoms with van der Waals surface area (Å²) in [5, 5.41) is 0. The highest BCUT2D eigenvalue weighted by Crippen LogP contribution is 2.24. The van der Waals surface area contributed by atoms with Gasteiger partial charge in [-0.15, -0.1) is 0 Å². The minimum Gasteiger partial charge on any atom is -0.354 e. The number of amides is 3. The summed E-state index contributed by atoms with van der Waals surface area (Å²) in [4.78, 5) is 50.5. The van der Waals surface area contributed by atoms with Gasteiger partial charge in [-0.25, -0.2) is 4.98 Å². The number of hydrogen-bond donors (Lipinski definition) is 0.